The van der Waals surface area contributed by atoms with Gasteiger partial charge in [0.05, 0.1) is 23.3 Å². The van der Waals surface area contributed by atoms with E-state index in [1.165, 1.54) is 11.1 Å². The molecule has 0 unspecified atom stereocenters. The third kappa shape index (κ3) is 6.21. The van der Waals surface area contributed by atoms with E-state index < -0.39 is 0 Å². The second-order valence-electron chi connectivity index (χ2n) is 10.5. The van der Waals surface area contributed by atoms with E-state index in [1.54, 1.807) is 0 Å². The topological polar surface area (TPSA) is 83.0 Å². The third-order valence-corrected chi connectivity index (χ3v) is 7.61. The molecule has 6 nitrogen and oxygen atoms in total. The summed E-state index contributed by atoms with van der Waals surface area (Å²) in [6.45, 7) is 8.26. The largest absolute Gasteiger partial charge is 0.398 e. The number of para-hydroxylation sites is 1. The maximum Gasteiger partial charge on any atom is 0.182 e. The van der Waals surface area contributed by atoms with E-state index in [0.717, 1.165) is 90.4 Å². The monoisotopic (exact) mass is 507 g/mol. The van der Waals surface area contributed by atoms with Crippen LogP contribution in [0.2, 0.25) is 0 Å². The predicted octanol–water partition coefficient (Wildman–Crippen LogP) is 3.67. The fraction of sp³-hybridized carbons (Fsp3) is 0.312. The highest BCUT2D eigenvalue weighted by atomic mass is 15.2. The van der Waals surface area contributed by atoms with Crippen LogP contribution in [0.4, 0.5) is 11.4 Å². The third-order valence-electron chi connectivity index (χ3n) is 7.61. The summed E-state index contributed by atoms with van der Waals surface area (Å²) in [5.41, 5.74) is 15.7. The van der Waals surface area contributed by atoms with E-state index >= 15 is 0 Å². The summed E-state index contributed by atoms with van der Waals surface area (Å²) in [7, 11) is 2.20. The summed E-state index contributed by atoms with van der Waals surface area (Å²) >= 11 is 0. The van der Waals surface area contributed by atoms with Crippen LogP contribution in [-0.4, -0.2) is 53.7 Å². The average Bonchev–Trinajstić information content (AvgIpc) is 2.93. The number of anilines is 2. The van der Waals surface area contributed by atoms with Crippen LogP contribution in [0.3, 0.4) is 0 Å². The van der Waals surface area contributed by atoms with E-state index in [-0.39, 0.29) is 0 Å². The summed E-state index contributed by atoms with van der Waals surface area (Å²) < 4.78 is 0. The molecule has 1 aliphatic heterocycles. The van der Waals surface area contributed by atoms with Crippen molar-refractivity contribution in [3.8, 4) is 0 Å². The van der Waals surface area contributed by atoms with Gasteiger partial charge in [0.15, 0.2) is 5.71 Å². The molecule has 0 radical (unpaired) electrons. The molecular formula is C32H39N6+. The van der Waals surface area contributed by atoms with Crippen molar-refractivity contribution in [3.05, 3.63) is 101 Å². The van der Waals surface area contributed by atoms with Gasteiger partial charge in [-0.15, -0.1) is 0 Å². The van der Waals surface area contributed by atoms with Crippen molar-refractivity contribution in [2.75, 3.05) is 44.3 Å². The van der Waals surface area contributed by atoms with Gasteiger partial charge >= 0.3 is 0 Å². The van der Waals surface area contributed by atoms with Gasteiger partial charge in [-0.1, -0.05) is 48.5 Å². The van der Waals surface area contributed by atoms with Crippen LogP contribution in [0.1, 0.15) is 34.4 Å². The number of hydrogen-bond donors (Lipinski definition) is 3. The average molecular weight is 508 g/mol. The van der Waals surface area contributed by atoms with Gasteiger partial charge in [-0.3, -0.25) is 15.3 Å². The van der Waals surface area contributed by atoms with Gasteiger partial charge in [0.25, 0.3) is 0 Å². The highest BCUT2D eigenvalue weighted by Crippen LogP contribution is 2.26. The molecule has 6 heteroatoms. The lowest BCUT2D eigenvalue weighted by atomic mass is 9.95. The number of likely N-dealkylation sites (N-methyl/N-ethyl adjacent to an activating group) is 1. The van der Waals surface area contributed by atoms with Crippen LogP contribution in [0.25, 0.3) is 10.9 Å². The standard InChI is InChI=1S/C32H38N6/c1-23-30(35-21-27-12-11-26-8-3-4-9-31(26)36-27)15-14-29(34)32(23)28(33)13-10-24-6-5-7-25(20-24)22-38-18-16-37(2)17-19-38/h3-9,11-12,14-15,20,33,35H,10,13,16-19,21-22,34H2,1-2H3/p+1. The van der Waals surface area contributed by atoms with E-state index in [2.05, 4.69) is 71.6 Å². The molecule has 4 aromatic rings. The Morgan fingerprint density at radius 3 is 2.58 bits per heavy atom. The van der Waals surface area contributed by atoms with Crippen molar-refractivity contribution in [3.63, 3.8) is 0 Å². The van der Waals surface area contributed by atoms with Crippen LogP contribution >= 0.6 is 0 Å². The fourth-order valence-corrected chi connectivity index (χ4v) is 5.29. The second-order valence-corrected chi connectivity index (χ2v) is 10.5. The molecule has 1 aromatic heterocycles. The number of piperazine rings is 1. The number of nitrogens with two attached hydrogens (primary N) is 2. The highest BCUT2D eigenvalue weighted by Gasteiger charge is 2.18. The SMILES string of the molecule is Cc1c(NCc2ccc3ccccc3n2)ccc(N)c1C(=[NH2+])CCc1cccc(CN2CCN(C)CC2)c1. The summed E-state index contributed by atoms with van der Waals surface area (Å²) in [5, 5.41) is 11.4. The quantitative estimate of drug-likeness (QED) is 0.238. The number of benzene rings is 3. The molecule has 1 saturated heterocycles. The Balaban J connectivity index is 1.22. The lowest BCUT2D eigenvalue weighted by Gasteiger charge is -2.32. The molecule has 5 N–H and O–H groups in total. The van der Waals surface area contributed by atoms with Crippen LogP contribution in [0, 0.1) is 6.92 Å². The predicted molar refractivity (Wildman–Crippen MR) is 158 cm³/mol. The summed E-state index contributed by atoms with van der Waals surface area (Å²) in [6, 6.07) is 25.3. The molecule has 2 heterocycles. The molecule has 0 atom stereocenters. The van der Waals surface area contributed by atoms with Crippen molar-refractivity contribution in [2.24, 2.45) is 0 Å². The van der Waals surface area contributed by atoms with Crippen molar-refractivity contribution in [2.45, 2.75) is 32.9 Å². The maximum atomic E-state index is 6.67. The van der Waals surface area contributed by atoms with Crippen molar-refractivity contribution < 1.29 is 5.41 Å². The zero-order valence-corrected chi connectivity index (χ0v) is 22.6. The summed E-state index contributed by atoms with van der Waals surface area (Å²) in [5.74, 6) is 0. The zero-order chi connectivity index (χ0) is 26.5. The van der Waals surface area contributed by atoms with Gasteiger partial charge in [0.2, 0.25) is 0 Å². The first-order valence-corrected chi connectivity index (χ1v) is 13.5. The number of nitrogens with one attached hydrogen (secondary N) is 1. The summed E-state index contributed by atoms with van der Waals surface area (Å²) in [4.78, 5) is 9.71. The molecule has 5 rings (SSSR count). The number of aromatic nitrogens is 1. The Morgan fingerprint density at radius 2 is 1.74 bits per heavy atom. The molecule has 1 aliphatic rings. The molecule has 0 saturated carbocycles. The van der Waals surface area contributed by atoms with E-state index in [1.807, 2.05) is 30.3 Å². The van der Waals surface area contributed by atoms with Crippen molar-refractivity contribution in [1.82, 2.24) is 14.8 Å². The van der Waals surface area contributed by atoms with Crippen LogP contribution in [0.15, 0.2) is 72.8 Å². The van der Waals surface area contributed by atoms with E-state index in [4.69, 9.17) is 16.1 Å². The van der Waals surface area contributed by atoms with E-state index in [9.17, 15) is 0 Å². The van der Waals surface area contributed by atoms with Crippen LogP contribution in [-0.2, 0) is 19.5 Å². The lowest BCUT2D eigenvalue weighted by Crippen LogP contribution is -2.43. The van der Waals surface area contributed by atoms with Gasteiger partial charge in [-0.05, 0) is 61.3 Å². The zero-order valence-electron chi connectivity index (χ0n) is 22.6. The normalized spacial score (nSPS) is 14.6. The smallest absolute Gasteiger partial charge is 0.182 e. The molecule has 3 aromatic carbocycles. The van der Waals surface area contributed by atoms with Crippen LogP contribution in [0.5, 0.6) is 0 Å². The first-order chi connectivity index (χ1) is 18.5. The molecule has 0 spiro atoms. The first-order valence-electron chi connectivity index (χ1n) is 13.5. The minimum Gasteiger partial charge on any atom is -0.398 e. The van der Waals surface area contributed by atoms with Crippen LogP contribution < -0.4 is 16.5 Å². The minimum absolute atomic E-state index is 0.634. The fourth-order valence-electron chi connectivity index (χ4n) is 5.29. The van der Waals surface area contributed by atoms with Gasteiger partial charge in [0, 0.05) is 55.9 Å². The Morgan fingerprint density at radius 1 is 0.947 bits per heavy atom. The second kappa shape index (κ2) is 11.8. The first kappa shape index (κ1) is 25.9. The highest BCUT2D eigenvalue weighted by molar-refractivity contribution is 6.03. The lowest BCUT2D eigenvalue weighted by molar-refractivity contribution is -0.115. The number of fused-ring (bicyclic) bond motifs is 1. The van der Waals surface area contributed by atoms with E-state index in [0.29, 0.717) is 6.54 Å². The van der Waals surface area contributed by atoms with Crippen molar-refractivity contribution in [1.29, 1.82) is 0 Å². The molecule has 196 valence electrons. The Labute approximate surface area is 226 Å². The molecule has 38 heavy (non-hydrogen) atoms. The maximum absolute atomic E-state index is 6.67. The Hall–Kier alpha value is -3.74. The van der Waals surface area contributed by atoms with Gasteiger partial charge in [-0.2, -0.15) is 0 Å². The number of aryl methyl sites for hydroxylation is 1. The molecule has 1 fully saturated rings. The molecule has 0 amide bonds. The summed E-state index contributed by atoms with van der Waals surface area (Å²) in [6.07, 6.45) is 1.65. The molecular weight excluding hydrogens is 468 g/mol. The number of rotatable bonds is 9. The number of nitrogens with zero attached hydrogens (tertiary/aromatic N) is 3. The number of nitrogen functional groups attached to an aromatic ring is 1. The van der Waals surface area contributed by atoms with Gasteiger partial charge in [-0.25, -0.2) is 0 Å². The number of pyridine rings is 1. The minimum atomic E-state index is 0.634. The van der Waals surface area contributed by atoms with Crippen molar-refractivity contribution >= 4 is 28.0 Å². The van der Waals surface area contributed by atoms with Gasteiger partial charge in [0.1, 0.15) is 0 Å². The van der Waals surface area contributed by atoms with Gasteiger partial charge < -0.3 is 16.0 Å². The Kier molecular flexibility index (Phi) is 8.01. The molecule has 0 aliphatic carbocycles. The molecule has 0 bridgehead atoms. The Bertz CT molecular complexity index is 1420. The number of hydrogen-bond acceptors (Lipinski definition) is 5.